The molecule has 0 aromatic carbocycles. The number of rotatable bonds is 42. The minimum Gasteiger partial charge on any atom is -0.481 e. The van der Waals surface area contributed by atoms with E-state index in [2.05, 4.69) is 24.5 Å². The van der Waals surface area contributed by atoms with Gasteiger partial charge in [0.1, 0.15) is 30.4 Å². The number of amides is 3. The number of nitrogens with one attached hydrogen (secondary N) is 2. The third-order valence-corrected chi connectivity index (χ3v) is 12.5. The van der Waals surface area contributed by atoms with Crippen LogP contribution in [0, 0.1) is 0 Å². The summed E-state index contributed by atoms with van der Waals surface area (Å²) in [7, 11) is 0. The third kappa shape index (κ3) is 27.8. The zero-order chi connectivity index (χ0) is 45.6. The lowest BCUT2D eigenvalue weighted by Gasteiger charge is -2.47. The number of hydrogen-bond acceptors (Lipinski definition) is 9. The molecule has 1 fully saturated rings. The first-order valence-electron chi connectivity index (χ1n) is 25.4. The Balaban J connectivity index is 2.85. The van der Waals surface area contributed by atoms with E-state index in [9.17, 15) is 39.6 Å². The lowest BCUT2D eigenvalue weighted by molar-refractivity contribution is -0.231. The van der Waals surface area contributed by atoms with Crippen molar-refractivity contribution in [1.29, 1.82) is 0 Å². The molecule has 13 nitrogen and oxygen atoms in total. The lowest BCUT2D eigenvalue weighted by Crippen LogP contribution is -2.70. The Kier molecular flexibility index (Phi) is 36.4. The Labute approximate surface area is 376 Å². The first kappa shape index (κ1) is 57.7. The summed E-state index contributed by atoms with van der Waals surface area (Å²) in [6.45, 7) is 3.45. The van der Waals surface area contributed by atoms with Gasteiger partial charge in [0, 0.05) is 25.8 Å². The molecular weight excluding hydrogens is 791 g/mol. The van der Waals surface area contributed by atoms with E-state index in [0.717, 1.165) is 38.5 Å². The number of nitrogens with zero attached hydrogens (tertiary/aromatic N) is 1. The molecule has 0 aromatic heterocycles. The number of carbonyl (C=O) groups excluding carboxylic acids is 3. The van der Waals surface area contributed by atoms with Crippen molar-refractivity contribution in [3.05, 3.63) is 0 Å². The summed E-state index contributed by atoms with van der Waals surface area (Å²) < 4.78 is 6.14. The number of aliphatic hydroxyl groups is 4. The molecule has 1 heterocycles. The molecule has 6 atom stereocenters. The van der Waals surface area contributed by atoms with Crippen molar-refractivity contribution in [2.45, 2.75) is 269 Å². The molecule has 1 aliphatic rings. The minimum atomic E-state index is -1.61. The molecule has 0 spiro atoms. The number of aliphatic hydroxyl groups excluding tert-OH is 4. The maximum Gasteiger partial charge on any atom is 0.303 e. The van der Waals surface area contributed by atoms with Crippen LogP contribution in [0.3, 0.4) is 0 Å². The van der Waals surface area contributed by atoms with Gasteiger partial charge in [-0.3, -0.25) is 19.2 Å². The van der Waals surface area contributed by atoms with Gasteiger partial charge >= 0.3 is 5.97 Å². The van der Waals surface area contributed by atoms with Gasteiger partial charge in [0.2, 0.25) is 17.7 Å². The highest BCUT2D eigenvalue weighted by Gasteiger charge is 2.48. The van der Waals surface area contributed by atoms with E-state index in [-0.39, 0.29) is 25.2 Å². The second-order valence-electron chi connectivity index (χ2n) is 18.0. The maximum absolute atomic E-state index is 14.1. The van der Waals surface area contributed by atoms with E-state index >= 15 is 0 Å². The summed E-state index contributed by atoms with van der Waals surface area (Å²) >= 11 is 0. The predicted octanol–water partition coefficient (Wildman–Crippen LogP) is 8.60. The van der Waals surface area contributed by atoms with E-state index in [1.807, 2.05) is 0 Å². The number of aliphatic carboxylic acids is 1. The van der Waals surface area contributed by atoms with Gasteiger partial charge in [0.15, 0.2) is 6.23 Å². The van der Waals surface area contributed by atoms with Gasteiger partial charge in [-0.25, -0.2) is 0 Å². The van der Waals surface area contributed by atoms with Gasteiger partial charge in [0.05, 0.1) is 13.2 Å². The number of hydrogen-bond donors (Lipinski definition) is 7. The van der Waals surface area contributed by atoms with Crippen LogP contribution in [0.4, 0.5) is 0 Å². The summed E-state index contributed by atoms with van der Waals surface area (Å²) in [6, 6.07) is -2.67. The monoisotopic (exact) mass is 884 g/mol. The number of carboxylic acid groups (broad SMARTS) is 1. The zero-order valence-corrected chi connectivity index (χ0v) is 39.4. The first-order chi connectivity index (χ1) is 30.1. The largest absolute Gasteiger partial charge is 0.481 e. The molecule has 0 unspecified atom stereocenters. The smallest absolute Gasteiger partial charge is 0.303 e. The van der Waals surface area contributed by atoms with Crippen LogP contribution in [0.5, 0.6) is 0 Å². The summed E-state index contributed by atoms with van der Waals surface area (Å²) in [5.74, 6) is -2.34. The predicted molar refractivity (Wildman–Crippen MR) is 246 cm³/mol. The second-order valence-corrected chi connectivity index (χ2v) is 18.0. The van der Waals surface area contributed by atoms with Gasteiger partial charge in [-0.1, -0.05) is 187 Å². The van der Waals surface area contributed by atoms with Crippen LogP contribution in [0.1, 0.15) is 232 Å². The van der Waals surface area contributed by atoms with Crippen molar-refractivity contribution in [1.82, 2.24) is 15.5 Å². The van der Waals surface area contributed by atoms with E-state index in [1.54, 1.807) is 4.90 Å². The van der Waals surface area contributed by atoms with Crippen LogP contribution in [0.2, 0.25) is 0 Å². The molecule has 1 rings (SSSR count). The quantitative estimate of drug-likeness (QED) is 0.0291. The molecule has 1 saturated heterocycles. The Morgan fingerprint density at radius 2 is 0.952 bits per heavy atom. The topological polar surface area (TPSA) is 206 Å². The van der Waals surface area contributed by atoms with Crippen molar-refractivity contribution < 1.29 is 49.4 Å². The van der Waals surface area contributed by atoms with Crippen molar-refractivity contribution in [2.24, 2.45) is 0 Å². The number of ether oxygens (including phenoxy) is 1. The van der Waals surface area contributed by atoms with Gasteiger partial charge < -0.3 is 45.8 Å². The Hall–Kier alpha value is -2.32. The molecule has 7 N–H and O–H groups in total. The second kappa shape index (κ2) is 39.1. The minimum absolute atomic E-state index is 0.0618. The molecule has 0 bridgehead atoms. The highest BCUT2D eigenvalue weighted by Crippen LogP contribution is 2.26. The van der Waals surface area contributed by atoms with Crippen molar-refractivity contribution in [2.75, 3.05) is 19.8 Å². The van der Waals surface area contributed by atoms with E-state index in [4.69, 9.17) is 9.84 Å². The third-order valence-electron chi connectivity index (χ3n) is 12.5. The Morgan fingerprint density at radius 3 is 1.37 bits per heavy atom. The molecule has 364 valence electrons. The average molecular weight is 884 g/mol. The maximum atomic E-state index is 14.1. The first-order valence-corrected chi connectivity index (χ1v) is 25.4. The van der Waals surface area contributed by atoms with Crippen LogP contribution in [0.25, 0.3) is 0 Å². The van der Waals surface area contributed by atoms with Gasteiger partial charge in [-0.05, 0) is 25.7 Å². The number of carbonyl (C=O) groups is 4. The molecule has 0 saturated carbocycles. The lowest BCUT2D eigenvalue weighted by atomic mass is 9.94. The van der Waals surface area contributed by atoms with Crippen molar-refractivity contribution >= 4 is 23.7 Å². The summed E-state index contributed by atoms with van der Waals surface area (Å²) in [5, 5.41) is 56.5. The molecule has 3 amide bonds. The highest BCUT2D eigenvalue weighted by molar-refractivity contribution is 5.88. The molecule has 0 aromatic rings. The fraction of sp³-hybridized carbons (Fsp3) is 0.918. The molecule has 0 radical (unpaired) electrons. The van der Waals surface area contributed by atoms with Crippen molar-refractivity contribution in [3.8, 4) is 0 Å². The fourth-order valence-corrected chi connectivity index (χ4v) is 8.47. The number of unbranched alkanes of at least 4 members (excludes halogenated alkanes) is 28. The van der Waals surface area contributed by atoms with Gasteiger partial charge in [-0.2, -0.15) is 0 Å². The van der Waals surface area contributed by atoms with Crippen LogP contribution in [-0.4, -0.2) is 111 Å². The van der Waals surface area contributed by atoms with Crippen LogP contribution in [-0.2, 0) is 23.9 Å². The summed E-state index contributed by atoms with van der Waals surface area (Å²) in [5.41, 5.74) is 0. The standard InChI is InChI=1S/C49H93N3O10/c1-3-5-7-9-11-13-15-17-18-19-20-22-24-26-31-35-43(56)52(37-33-29-25-23-21-16-14-12-10-8-6-4-2)49-45(47(60)46(59)41(39-54)62-49)51-48(61)40(38-53)50-42(55)34-30-27-28-32-36-44(57)58/h40-41,45-47,49,53-54,59-60H,3-39H2,1-2H3,(H,50,55)(H,51,61)(H,57,58)/t40-,41+,45-,46+,47+,49+/m0/s1. The van der Waals surface area contributed by atoms with E-state index in [1.165, 1.54) is 122 Å². The Bertz CT molecular complexity index is 1130. The average Bonchev–Trinajstić information content (AvgIpc) is 3.26. The van der Waals surface area contributed by atoms with Crippen molar-refractivity contribution in [3.63, 3.8) is 0 Å². The zero-order valence-electron chi connectivity index (χ0n) is 39.4. The molecule has 0 aliphatic carbocycles. The van der Waals surface area contributed by atoms with E-state index in [0.29, 0.717) is 45.1 Å². The van der Waals surface area contributed by atoms with Crippen LogP contribution in [0.15, 0.2) is 0 Å². The highest BCUT2D eigenvalue weighted by atomic mass is 16.5. The SMILES string of the molecule is CCCCCCCCCCCCCCCCCC(=O)N(CCCCCCCCCCCCCC)[C@@H]1O[C@H](CO)[C@@H](O)[C@H](O)[C@@H]1NC(=O)[C@H](CO)NC(=O)CCCCCCC(=O)O. The van der Waals surface area contributed by atoms with Crippen LogP contribution >= 0.6 is 0 Å². The van der Waals surface area contributed by atoms with Gasteiger partial charge in [-0.15, -0.1) is 0 Å². The number of carboxylic acids is 1. The molecule has 62 heavy (non-hydrogen) atoms. The van der Waals surface area contributed by atoms with Gasteiger partial charge in [0.25, 0.3) is 0 Å². The molecule has 1 aliphatic heterocycles. The summed E-state index contributed by atoms with van der Waals surface area (Å²) in [6.07, 6.45) is 29.0. The van der Waals surface area contributed by atoms with Crippen LogP contribution < -0.4 is 10.6 Å². The Morgan fingerprint density at radius 1 is 0.548 bits per heavy atom. The molecular formula is C49H93N3O10. The van der Waals surface area contributed by atoms with E-state index < -0.39 is 67.6 Å². The molecule has 13 heteroatoms. The normalized spacial score (nSPS) is 19.3. The fourth-order valence-electron chi connectivity index (χ4n) is 8.47. The summed E-state index contributed by atoms with van der Waals surface area (Å²) in [4.78, 5) is 52.6.